The summed E-state index contributed by atoms with van der Waals surface area (Å²) in [6, 6.07) is 0. The van der Waals surface area contributed by atoms with Crippen LogP contribution in [0.2, 0.25) is 0 Å². The fourth-order valence-corrected chi connectivity index (χ4v) is 0.186. The van der Waals surface area contributed by atoms with Crippen LogP contribution in [0.25, 0.3) is 0 Å². The Morgan fingerprint density at radius 2 is 3.00 bits per heavy atom. The van der Waals surface area contributed by atoms with Crippen molar-refractivity contribution in [3.05, 3.63) is 6.61 Å². The second-order valence-corrected chi connectivity index (χ2v) is 0.708. The number of ether oxygens (including phenoxy) is 1. The van der Waals surface area contributed by atoms with Gasteiger partial charge in [-0.15, -0.1) is 0 Å². The van der Waals surface area contributed by atoms with Crippen molar-refractivity contribution in [2.45, 2.75) is 0 Å². The molecule has 0 unspecified atom stereocenters. The Morgan fingerprint density at radius 3 is 3.20 bits per heavy atom. The van der Waals surface area contributed by atoms with E-state index in [-0.39, 0.29) is 0 Å². The maximum atomic E-state index is 4.40. The summed E-state index contributed by atoms with van der Waals surface area (Å²) in [5.41, 5.74) is 0. The molecule has 1 aliphatic heterocycles. The predicted octanol–water partition coefficient (Wildman–Crippen LogP) is 0.0837. The fraction of sp³-hybridized carbons (Fsp3) is 0.333. The Morgan fingerprint density at radius 1 is 2.00 bits per heavy atom. The van der Waals surface area contributed by atoms with E-state index in [4.69, 9.17) is 0 Å². The second-order valence-electron chi connectivity index (χ2n) is 0.708. The van der Waals surface area contributed by atoms with Crippen LogP contribution in [0.1, 0.15) is 0 Å². The minimum Gasteiger partial charge on any atom is -0.466 e. The van der Waals surface area contributed by atoms with Crippen LogP contribution < -0.4 is 0 Å². The van der Waals surface area contributed by atoms with E-state index in [1.54, 1.807) is 0 Å². The molecular formula is C3H3NO. The summed E-state index contributed by atoms with van der Waals surface area (Å²) in [6.07, 6.45) is 1.38. The SMILES string of the molecule is [C]1CN=CO1. The summed E-state index contributed by atoms with van der Waals surface area (Å²) >= 11 is 0. The molecule has 2 heteroatoms. The highest BCUT2D eigenvalue weighted by atomic mass is 16.5. The van der Waals surface area contributed by atoms with Crippen molar-refractivity contribution in [3.8, 4) is 0 Å². The van der Waals surface area contributed by atoms with E-state index < -0.39 is 0 Å². The highest BCUT2D eigenvalue weighted by Gasteiger charge is 1.88. The molecule has 0 aromatic heterocycles. The van der Waals surface area contributed by atoms with Gasteiger partial charge in [0.05, 0.1) is 6.54 Å². The first-order valence-corrected chi connectivity index (χ1v) is 1.37. The summed E-state index contributed by atoms with van der Waals surface area (Å²) in [5.74, 6) is 0. The van der Waals surface area contributed by atoms with Gasteiger partial charge in [0.1, 0.15) is 0 Å². The molecule has 2 nitrogen and oxygen atoms in total. The lowest BCUT2D eigenvalue weighted by molar-refractivity contribution is 0.443. The molecule has 0 aromatic carbocycles. The Hall–Kier alpha value is -0.530. The van der Waals surface area contributed by atoms with Crippen LogP contribution in [0.15, 0.2) is 4.99 Å². The zero-order valence-electron chi connectivity index (χ0n) is 2.64. The van der Waals surface area contributed by atoms with Gasteiger partial charge in [0, 0.05) is 0 Å². The van der Waals surface area contributed by atoms with Gasteiger partial charge >= 0.3 is 0 Å². The topological polar surface area (TPSA) is 21.6 Å². The largest absolute Gasteiger partial charge is 0.466 e. The smallest absolute Gasteiger partial charge is 0.220 e. The Labute approximate surface area is 30.5 Å². The summed E-state index contributed by atoms with van der Waals surface area (Å²) in [5, 5.41) is 0. The third-order valence-electron chi connectivity index (χ3n) is 0.366. The van der Waals surface area contributed by atoms with Gasteiger partial charge in [-0.3, -0.25) is 4.99 Å². The Balaban J connectivity index is 2.32. The minimum absolute atomic E-state index is 0.597. The maximum Gasteiger partial charge on any atom is 0.220 e. The van der Waals surface area contributed by atoms with Gasteiger partial charge in [-0.25, -0.2) is 0 Å². The standard InChI is InChI=1S/C3H3NO/c1-2-5-3-4-1/h3H,1H2. The van der Waals surface area contributed by atoms with Crippen LogP contribution >= 0.6 is 0 Å². The lowest BCUT2D eigenvalue weighted by Crippen LogP contribution is -1.70. The Bertz CT molecular complexity index is 44.9. The highest BCUT2D eigenvalue weighted by molar-refractivity contribution is 5.49. The van der Waals surface area contributed by atoms with E-state index in [0.717, 1.165) is 0 Å². The molecule has 0 saturated carbocycles. The third kappa shape index (κ3) is 0.375. The number of rotatable bonds is 0. The zero-order valence-corrected chi connectivity index (χ0v) is 2.64. The average molecular weight is 69.1 g/mol. The molecule has 0 spiro atoms. The first-order valence-electron chi connectivity index (χ1n) is 1.37. The third-order valence-corrected chi connectivity index (χ3v) is 0.366. The van der Waals surface area contributed by atoms with Crippen LogP contribution in [0, 0.1) is 6.61 Å². The number of aliphatic imine (C=N–C) groups is 1. The van der Waals surface area contributed by atoms with Crippen LogP contribution in [-0.2, 0) is 4.74 Å². The van der Waals surface area contributed by atoms with Gasteiger partial charge in [-0.2, -0.15) is 0 Å². The predicted molar refractivity (Wildman–Crippen MR) is 17.7 cm³/mol. The lowest BCUT2D eigenvalue weighted by Gasteiger charge is -1.72. The lowest BCUT2D eigenvalue weighted by atomic mass is 10.8. The monoisotopic (exact) mass is 69.0 g/mol. The maximum absolute atomic E-state index is 4.40. The van der Waals surface area contributed by atoms with Crippen molar-refractivity contribution in [2.24, 2.45) is 4.99 Å². The molecule has 0 N–H and O–H groups in total. The molecule has 0 aromatic rings. The number of hydrogen-bond acceptors (Lipinski definition) is 2. The van der Waals surface area contributed by atoms with Crippen molar-refractivity contribution in [1.29, 1.82) is 0 Å². The fourth-order valence-electron chi connectivity index (χ4n) is 0.186. The molecule has 0 amide bonds. The van der Waals surface area contributed by atoms with E-state index in [0.29, 0.717) is 6.54 Å². The van der Waals surface area contributed by atoms with Crippen LogP contribution in [0.3, 0.4) is 0 Å². The van der Waals surface area contributed by atoms with Crippen molar-refractivity contribution in [1.82, 2.24) is 0 Å². The molecule has 2 radical (unpaired) electrons. The van der Waals surface area contributed by atoms with Gasteiger partial charge in [0.15, 0.2) is 6.40 Å². The zero-order chi connectivity index (χ0) is 3.54. The summed E-state index contributed by atoms with van der Waals surface area (Å²) in [7, 11) is 0. The molecule has 0 aliphatic carbocycles. The molecule has 1 aliphatic rings. The summed E-state index contributed by atoms with van der Waals surface area (Å²) in [6.45, 7) is 3.10. The van der Waals surface area contributed by atoms with Gasteiger partial charge < -0.3 is 4.74 Å². The van der Waals surface area contributed by atoms with Gasteiger partial charge in [-0.05, 0) is 0 Å². The van der Waals surface area contributed by atoms with E-state index in [9.17, 15) is 0 Å². The van der Waals surface area contributed by atoms with Gasteiger partial charge in [0.25, 0.3) is 0 Å². The molecule has 0 saturated heterocycles. The van der Waals surface area contributed by atoms with Crippen molar-refractivity contribution in [2.75, 3.05) is 6.54 Å². The number of nitrogens with zero attached hydrogens (tertiary/aromatic N) is 1. The quantitative estimate of drug-likeness (QED) is 0.395. The molecule has 0 atom stereocenters. The van der Waals surface area contributed by atoms with Gasteiger partial charge in [0.2, 0.25) is 6.61 Å². The molecule has 5 heavy (non-hydrogen) atoms. The summed E-state index contributed by atoms with van der Waals surface area (Å²) in [4.78, 5) is 3.62. The van der Waals surface area contributed by atoms with Crippen molar-refractivity contribution >= 4 is 6.40 Å². The normalized spacial score (nSPS) is 19.2. The van der Waals surface area contributed by atoms with E-state index in [2.05, 4.69) is 16.3 Å². The molecule has 1 heterocycles. The van der Waals surface area contributed by atoms with Crippen molar-refractivity contribution < 1.29 is 4.74 Å². The van der Waals surface area contributed by atoms with Crippen LogP contribution in [0.4, 0.5) is 0 Å². The van der Waals surface area contributed by atoms with E-state index in [1.807, 2.05) is 0 Å². The van der Waals surface area contributed by atoms with Gasteiger partial charge in [-0.1, -0.05) is 0 Å². The van der Waals surface area contributed by atoms with E-state index >= 15 is 0 Å². The first-order chi connectivity index (χ1) is 2.50. The van der Waals surface area contributed by atoms with Crippen LogP contribution in [0.5, 0.6) is 0 Å². The molecule has 1 rings (SSSR count). The highest BCUT2D eigenvalue weighted by Crippen LogP contribution is 1.85. The van der Waals surface area contributed by atoms with E-state index in [1.165, 1.54) is 6.40 Å². The molecule has 0 fully saturated rings. The average Bonchev–Trinajstić information content (AvgIpc) is 1.76. The minimum atomic E-state index is 0.597. The molecule has 26 valence electrons. The second kappa shape index (κ2) is 1.06. The first kappa shape index (κ1) is 2.69. The summed E-state index contributed by atoms with van der Waals surface area (Å²) < 4.78 is 4.40. The molecule has 0 bridgehead atoms. The van der Waals surface area contributed by atoms with Crippen molar-refractivity contribution in [3.63, 3.8) is 0 Å². The molecular weight excluding hydrogens is 66.0 g/mol. The Kier molecular flexibility index (Phi) is 0.571. The van der Waals surface area contributed by atoms with Crippen LogP contribution in [-0.4, -0.2) is 12.9 Å². The number of hydrogen-bond donors (Lipinski definition) is 0.